The van der Waals surface area contributed by atoms with Gasteiger partial charge in [-0.15, -0.1) is 0 Å². The Morgan fingerprint density at radius 1 is 1.19 bits per heavy atom. The van der Waals surface area contributed by atoms with E-state index in [1.54, 1.807) is 31.4 Å². The molecule has 1 N–H and O–H groups in total. The first kappa shape index (κ1) is 22.1. The number of guanidine groups is 1. The van der Waals surface area contributed by atoms with Crippen LogP contribution in [0.3, 0.4) is 0 Å². The summed E-state index contributed by atoms with van der Waals surface area (Å²) in [6.45, 7) is 3.67. The quantitative estimate of drug-likeness (QED) is 0.477. The maximum atomic E-state index is 12.2. The van der Waals surface area contributed by atoms with E-state index in [1.807, 2.05) is 25.9 Å². The van der Waals surface area contributed by atoms with Crippen LogP contribution < -0.4 is 10.1 Å². The van der Waals surface area contributed by atoms with Gasteiger partial charge in [-0.3, -0.25) is 4.99 Å². The largest absolute Gasteiger partial charge is 0.435 e. The lowest BCUT2D eigenvalue weighted by molar-refractivity contribution is -0.0498. The molecule has 0 aliphatic rings. The molecule has 0 amide bonds. The fraction of sp³-hybridized carbons (Fsp3) is 0.611. The van der Waals surface area contributed by atoms with E-state index in [2.05, 4.69) is 19.9 Å². The topological polar surface area (TPSA) is 49.3 Å². The van der Waals surface area contributed by atoms with Crippen LogP contribution in [0.5, 0.6) is 5.75 Å². The number of benzene rings is 1. The number of ether oxygens (including phenoxy) is 2. The minimum Gasteiger partial charge on any atom is -0.435 e. The molecular formula is C18H30F2N4O2. The monoisotopic (exact) mass is 372 g/mol. The normalized spacial score (nSPS) is 11.9. The predicted octanol–water partition coefficient (Wildman–Crippen LogP) is 2.26. The van der Waals surface area contributed by atoms with Crippen molar-refractivity contribution in [2.24, 2.45) is 4.99 Å². The lowest BCUT2D eigenvalue weighted by Gasteiger charge is -2.23. The zero-order chi connectivity index (χ0) is 19.4. The molecule has 0 fully saturated rings. The summed E-state index contributed by atoms with van der Waals surface area (Å²) in [4.78, 5) is 8.81. The van der Waals surface area contributed by atoms with Gasteiger partial charge in [0, 0.05) is 40.3 Å². The van der Waals surface area contributed by atoms with Crippen LogP contribution in [0.4, 0.5) is 8.78 Å². The van der Waals surface area contributed by atoms with E-state index < -0.39 is 6.61 Å². The summed E-state index contributed by atoms with van der Waals surface area (Å²) in [6, 6.07) is 6.64. The average Bonchev–Trinajstić information content (AvgIpc) is 2.60. The van der Waals surface area contributed by atoms with Gasteiger partial charge in [0.25, 0.3) is 0 Å². The Morgan fingerprint density at radius 3 is 2.46 bits per heavy atom. The number of aliphatic imine (C=N–C) groups is 1. The second-order valence-corrected chi connectivity index (χ2v) is 5.91. The van der Waals surface area contributed by atoms with Gasteiger partial charge < -0.3 is 24.6 Å². The molecule has 26 heavy (non-hydrogen) atoms. The Bertz CT molecular complexity index is 526. The van der Waals surface area contributed by atoms with E-state index in [4.69, 9.17) is 4.74 Å². The first-order valence-corrected chi connectivity index (χ1v) is 8.67. The van der Waals surface area contributed by atoms with E-state index in [-0.39, 0.29) is 5.75 Å². The van der Waals surface area contributed by atoms with Gasteiger partial charge in [0.15, 0.2) is 5.96 Å². The molecule has 148 valence electrons. The highest BCUT2D eigenvalue weighted by Gasteiger charge is 2.08. The number of nitrogens with zero attached hydrogens (tertiary/aromatic N) is 3. The summed E-state index contributed by atoms with van der Waals surface area (Å²) in [7, 11) is 5.67. The van der Waals surface area contributed by atoms with Crippen molar-refractivity contribution in [1.82, 2.24) is 15.1 Å². The summed E-state index contributed by atoms with van der Waals surface area (Å²) >= 11 is 0. The van der Waals surface area contributed by atoms with E-state index in [9.17, 15) is 8.78 Å². The molecule has 0 saturated heterocycles. The molecule has 0 saturated carbocycles. The Morgan fingerprint density at radius 2 is 1.88 bits per heavy atom. The fourth-order valence-corrected chi connectivity index (χ4v) is 2.28. The molecule has 0 bridgehead atoms. The first-order valence-electron chi connectivity index (χ1n) is 8.67. The summed E-state index contributed by atoms with van der Waals surface area (Å²) in [5.41, 5.74) is 0.983. The van der Waals surface area contributed by atoms with Crippen molar-refractivity contribution in [1.29, 1.82) is 0 Å². The number of alkyl halides is 2. The van der Waals surface area contributed by atoms with Crippen LogP contribution in [0, 0.1) is 0 Å². The van der Waals surface area contributed by atoms with Gasteiger partial charge in [-0.05, 0) is 31.7 Å². The average molecular weight is 372 g/mol. The smallest absolute Gasteiger partial charge is 0.387 e. The minimum atomic E-state index is -2.81. The van der Waals surface area contributed by atoms with Crippen LogP contribution in [0.15, 0.2) is 29.3 Å². The second-order valence-electron chi connectivity index (χ2n) is 5.91. The summed E-state index contributed by atoms with van der Waals surface area (Å²) in [5.74, 6) is 0.964. The number of rotatable bonds is 11. The standard InChI is InChI=1S/C18H30F2N4O2/c1-5-21-18(22-10-11-23(2)12-13-25-4)24(3)14-15-6-8-16(9-7-15)26-17(19)20/h6-9,17H,5,10-14H2,1-4H3,(H,21,22). The van der Waals surface area contributed by atoms with Crippen LogP contribution in [0.2, 0.25) is 0 Å². The van der Waals surface area contributed by atoms with Crippen LogP contribution in [-0.2, 0) is 11.3 Å². The second kappa shape index (κ2) is 12.4. The van der Waals surface area contributed by atoms with Gasteiger partial charge in [-0.25, -0.2) is 0 Å². The predicted molar refractivity (Wildman–Crippen MR) is 99.9 cm³/mol. The van der Waals surface area contributed by atoms with E-state index in [0.29, 0.717) is 19.7 Å². The Labute approximate surface area is 154 Å². The first-order chi connectivity index (χ1) is 12.5. The highest BCUT2D eigenvalue weighted by molar-refractivity contribution is 5.79. The Balaban J connectivity index is 2.58. The van der Waals surface area contributed by atoms with E-state index >= 15 is 0 Å². The summed E-state index contributed by atoms with van der Waals surface area (Å²) in [6.07, 6.45) is 0. The van der Waals surface area contributed by atoms with Crippen molar-refractivity contribution in [2.75, 3.05) is 54.0 Å². The van der Waals surface area contributed by atoms with Crippen molar-refractivity contribution < 1.29 is 18.3 Å². The molecule has 0 atom stereocenters. The van der Waals surface area contributed by atoms with Crippen LogP contribution in [0.1, 0.15) is 12.5 Å². The number of hydrogen-bond donors (Lipinski definition) is 1. The van der Waals surface area contributed by atoms with E-state index in [0.717, 1.165) is 31.2 Å². The van der Waals surface area contributed by atoms with Crippen molar-refractivity contribution in [3.63, 3.8) is 0 Å². The molecule has 0 spiro atoms. The SMILES string of the molecule is CCNC(=NCCN(C)CCOC)N(C)Cc1ccc(OC(F)F)cc1. The number of methoxy groups -OCH3 is 1. The molecule has 0 radical (unpaired) electrons. The van der Waals surface area contributed by atoms with Gasteiger partial charge in [0.1, 0.15) is 5.75 Å². The van der Waals surface area contributed by atoms with Gasteiger partial charge in [0.2, 0.25) is 0 Å². The third-order valence-corrected chi connectivity index (χ3v) is 3.69. The lowest BCUT2D eigenvalue weighted by Crippen LogP contribution is -2.39. The van der Waals surface area contributed by atoms with Crippen LogP contribution in [0.25, 0.3) is 0 Å². The molecule has 1 rings (SSSR count). The zero-order valence-electron chi connectivity index (χ0n) is 16.0. The molecular weight excluding hydrogens is 342 g/mol. The number of halogens is 2. The highest BCUT2D eigenvalue weighted by Crippen LogP contribution is 2.15. The molecule has 1 aromatic carbocycles. The molecule has 0 aromatic heterocycles. The molecule has 0 unspecified atom stereocenters. The van der Waals surface area contributed by atoms with Crippen LogP contribution in [-0.4, -0.2) is 76.4 Å². The summed E-state index contributed by atoms with van der Waals surface area (Å²) < 4.78 is 33.8. The molecule has 8 heteroatoms. The molecule has 1 aromatic rings. The minimum absolute atomic E-state index is 0.158. The third-order valence-electron chi connectivity index (χ3n) is 3.69. The van der Waals surface area contributed by atoms with Crippen molar-refractivity contribution in [2.45, 2.75) is 20.1 Å². The van der Waals surface area contributed by atoms with Crippen molar-refractivity contribution in [3.05, 3.63) is 29.8 Å². The number of hydrogen-bond acceptors (Lipinski definition) is 4. The highest BCUT2D eigenvalue weighted by atomic mass is 19.3. The Kier molecular flexibility index (Phi) is 10.6. The van der Waals surface area contributed by atoms with Crippen molar-refractivity contribution in [3.8, 4) is 5.75 Å². The lowest BCUT2D eigenvalue weighted by atomic mass is 10.2. The molecule has 0 aliphatic heterocycles. The number of nitrogens with one attached hydrogen (secondary N) is 1. The van der Waals surface area contributed by atoms with Gasteiger partial charge in [-0.1, -0.05) is 12.1 Å². The fourth-order valence-electron chi connectivity index (χ4n) is 2.28. The van der Waals surface area contributed by atoms with Gasteiger partial charge in [-0.2, -0.15) is 8.78 Å². The zero-order valence-corrected chi connectivity index (χ0v) is 16.0. The maximum Gasteiger partial charge on any atom is 0.387 e. The third kappa shape index (κ3) is 8.96. The van der Waals surface area contributed by atoms with Gasteiger partial charge >= 0.3 is 6.61 Å². The molecule has 0 aliphatic carbocycles. The van der Waals surface area contributed by atoms with Crippen LogP contribution >= 0.6 is 0 Å². The van der Waals surface area contributed by atoms with Crippen molar-refractivity contribution >= 4 is 5.96 Å². The van der Waals surface area contributed by atoms with Gasteiger partial charge in [0.05, 0.1) is 13.2 Å². The Hall–Kier alpha value is -1.93. The molecule has 0 heterocycles. The van der Waals surface area contributed by atoms with E-state index in [1.165, 1.54) is 0 Å². The maximum absolute atomic E-state index is 12.2. The summed E-state index contributed by atoms with van der Waals surface area (Å²) in [5, 5.41) is 3.27. The molecule has 6 nitrogen and oxygen atoms in total. The number of likely N-dealkylation sites (N-methyl/N-ethyl adjacent to an activating group) is 1.